The third kappa shape index (κ3) is 3.45. The number of nitrogens with zero attached hydrogens (tertiary/aromatic N) is 1. The van der Waals surface area contributed by atoms with Crippen molar-refractivity contribution in [3.05, 3.63) is 24.0 Å². The second kappa shape index (κ2) is 3.77. The molecule has 0 aliphatic heterocycles. The number of ether oxygens (including phenoxy) is 1. The molecule has 0 spiro atoms. The monoisotopic (exact) mass is 179 g/mol. The second-order valence-corrected chi connectivity index (χ2v) is 4.43. The Balaban J connectivity index is 2.70. The fourth-order valence-corrected chi connectivity index (χ4v) is 1.18. The maximum absolute atomic E-state index is 5.04. The Morgan fingerprint density at radius 3 is 2.38 bits per heavy atom. The third-order valence-electron chi connectivity index (χ3n) is 1.74. The van der Waals surface area contributed by atoms with Crippen LogP contribution in [-0.4, -0.2) is 12.1 Å². The summed E-state index contributed by atoms with van der Waals surface area (Å²) in [4.78, 5) is 4.31. The van der Waals surface area contributed by atoms with Gasteiger partial charge in [-0.1, -0.05) is 20.8 Å². The minimum Gasteiger partial charge on any atom is -0.495 e. The maximum Gasteiger partial charge on any atom is 0.137 e. The highest BCUT2D eigenvalue weighted by molar-refractivity contribution is 5.20. The summed E-state index contributed by atoms with van der Waals surface area (Å²) in [6.07, 6.45) is 2.76. The molecule has 2 nitrogen and oxygen atoms in total. The lowest BCUT2D eigenvalue weighted by Crippen LogP contribution is -2.10. The molecule has 0 fully saturated rings. The molecule has 0 unspecified atom stereocenters. The summed E-state index contributed by atoms with van der Waals surface area (Å²) in [7, 11) is 1.65. The summed E-state index contributed by atoms with van der Waals surface area (Å²) < 4.78 is 5.04. The van der Waals surface area contributed by atoms with Crippen LogP contribution < -0.4 is 4.74 Å². The Bertz CT molecular complexity index is 258. The Morgan fingerprint density at radius 2 is 2.00 bits per heavy atom. The van der Waals surface area contributed by atoms with Crippen molar-refractivity contribution in [2.24, 2.45) is 5.41 Å². The molecule has 0 aliphatic rings. The van der Waals surface area contributed by atoms with E-state index in [2.05, 4.69) is 25.8 Å². The number of hydrogen-bond donors (Lipinski definition) is 0. The van der Waals surface area contributed by atoms with E-state index in [9.17, 15) is 0 Å². The molecule has 13 heavy (non-hydrogen) atoms. The number of hydrogen-bond acceptors (Lipinski definition) is 2. The Labute approximate surface area is 80.0 Å². The van der Waals surface area contributed by atoms with E-state index < -0.39 is 0 Å². The predicted molar refractivity (Wildman–Crippen MR) is 53.9 cm³/mol. The highest BCUT2D eigenvalue weighted by Crippen LogP contribution is 2.20. The molecule has 1 rings (SSSR count). The first-order chi connectivity index (χ1) is 6.01. The van der Waals surface area contributed by atoms with E-state index in [1.807, 2.05) is 12.1 Å². The Morgan fingerprint density at radius 1 is 1.31 bits per heavy atom. The molecule has 1 heterocycles. The summed E-state index contributed by atoms with van der Waals surface area (Å²) >= 11 is 0. The van der Waals surface area contributed by atoms with Crippen molar-refractivity contribution in [2.75, 3.05) is 7.11 Å². The Kier molecular flexibility index (Phi) is 2.91. The van der Waals surface area contributed by atoms with Crippen molar-refractivity contribution in [3.8, 4) is 5.75 Å². The van der Waals surface area contributed by atoms with Crippen LogP contribution >= 0.6 is 0 Å². The minimum absolute atomic E-state index is 0.293. The van der Waals surface area contributed by atoms with E-state index in [0.717, 1.165) is 17.9 Å². The van der Waals surface area contributed by atoms with Crippen LogP contribution in [-0.2, 0) is 6.42 Å². The van der Waals surface area contributed by atoms with E-state index in [1.165, 1.54) is 0 Å². The van der Waals surface area contributed by atoms with Crippen molar-refractivity contribution in [1.29, 1.82) is 0 Å². The Hall–Kier alpha value is -1.05. The molecule has 0 aliphatic carbocycles. The molecule has 0 radical (unpaired) electrons. The van der Waals surface area contributed by atoms with Gasteiger partial charge in [-0.15, -0.1) is 0 Å². The van der Waals surface area contributed by atoms with Crippen molar-refractivity contribution >= 4 is 0 Å². The highest BCUT2D eigenvalue weighted by Gasteiger charge is 2.11. The van der Waals surface area contributed by atoms with Gasteiger partial charge in [-0.3, -0.25) is 4.98 Å². The first-order valence-electron chi connectivity index (χ1n) is 4.50. The topological polar surface area (TPSA) is 22.1 Å². The third-order valence-corrected chi connectivity index (χ3v) is 1.74. The lowest BCUT2D eigenvalue weighted by atomic mass is 9.90. The fourth-order valence-electron chi connectivity index (χ4n) is 1.18. The molecule has 0 N–H and O–H groups in total. The van der Waals surface area contributed by atoms with Gasteiger partial charge in [0.1, 0.15) is 5.75 Å². The van der Waals surface area contributed by atoms with E-state index in [4.69, 9.17) is 4.74 Å². The second-order valence-electron chi connectivity index (χ2n) is 4.43. The summed E-state index contributed by atoms with van der Waals surface area (Å²) in [5.41, 5.74) is 1.41. The lowest BCUT2D eigenvalue weighted by Gasteiger charge is -2.17. The molecule has 2 heteroatoms. The zero-order valence-corrected chi connectivity index (χ0v) is 8.79. The quantitative estimate of drug-likeness (QED) is 0.696. The molecule has 1 aromatic heterocycles. The van der Waals surface area contributed by atoms with Crippen LogP contribution in [0.2, 0.25) is 0 Å². The van der Waals surface area contributed by atoms with Crippen molar-refractivity contribution in [2.45, 2.75) is 27.2 Å². The first-order valence-corrected chi connectivity index (χ1v) is 4.50. The van der Waals surface area contributed by atoms with Crippen molar-refractivity contribution < 1.29 is 4.74 Å². The van der Waals surface area contributed by atoms with Crippen LogP contribution in [0.4, 0.5) is 0 Å². The van der Waals surface area contributed by atoms with Gasteiger partial charge in [0.15, 0.2) is 0 Å². The van der Waals surface area contributed by atoms with Gasteiger partial charge in [-0.05, 0) is 24.0 Å². The molecule has 0 bridgehead atoms. The van der Waals surface area contributed by atoms with Gasteiger partial charge in [0.05, 0.1) is 13.3 Å². The molecule has 72 valence electrons. The number of pyridine rings is 1. The molecular weight excluding hydrogens is 162 g/mol. The maximum atomic E-state index is 5.04. The van der Waals surface area contributed by atoms with E-state index >= 15 is 0 Å². The number of rotatable bonds is 2. The van der Waals surface area contributed by atoms with E-state index in [-0.39, 0.29) is 0 Å². The normalized spacial score (nSPS) is 11.4. The molecule has 0 atom stereocenters. The minimum atomic E-state index is 0.293. The van der Waals surface area contributed by atoms with Gasteiger partial charge in [-0.2, -0.15) is 0 Å². The largest absolute Gasteiger partial charge is 0.495 e. The molecule has 0 amide bonds. The van der Waals surface area contributed by atoms with Crippen molar-refractivity contribution in [1.82, 2.24) is 4.98 Å². The zero-order valence-electron chi connectivity index (χ0n) is 8.79. The smallest absolute Gasteiger partial charge is 0.137 e. The van der Waals surface area contributed by atoms with Crippen LogP contribution in [0.25, 0.3) is 0 Å². The van der Waals surface area contributed by atoms with Crippen LogP contribution in [0, 0.1) is 5.41 Å². The molecule has 0 aromatic carbocycles. The fraction of sp³-hybridized carbons (Fsp3) is 0.545. The SMILES string of the molecule is COc1ccc(CC(C)(C)C)nc1. The summed E-state index contributed by atoms with van der Waals surface area (Å²) in [5.74, 6) is 0.817. The van der Waals surface area contributed by atoms with Gasteiger partial charge >= 0.3 is 0 Å². The molecule has 0 saturated heterocycles. The van der Waals surface area contributed by atoms with Gasteiger partial charge in [0, 0.05) is 5.69 Å². The lowest BCUT2D eigenvalue weighted by molar-refractivity contribution is 0.400. The van der Waals surface area contributed by atoms with Gasteiger partial charge in [0.2, 0.25) is 0 Å². The van der Waals surface area contributed by atoms with Crippen LogP contribution in [0.5, 0.6) is 5.75 Å². The number of aromatic nitrogens is 1. The van der Waals surface area contributed by atoms with Crippen LogP contribution in [0.15, 0.2) is 18.3 Å². The van der Waals surface area contributed by atoms with Crippen molar-refractivity contribution in [3.63, 3.8) is 0 Å². The average molecular weight is 179 g/mol. The predicted octanol–water partition coefficient (Wildman–Crippen LogP) is 2.68. The summed E-state index contributed by atoms with van der Waals surface area (Å²) in [6, 6.07) is 3.97. The summed E-state index contributed by atoms with van der Waals surface area (Å²) in [5, 5.41) is 0. The van der Waals surface area contributed by atoms with Gasteiger partial charge in [-0.25, -0.2) is 0 Å². The molecule has 0 saturated carbocycles. The average Bonchev–Trinajstić information content (AvgIpc) is 2.03. The van der Waals surface area contributed by atoms with Crippen LogP contribution in [0.1, 0.15) is 26.5 Å². The highest BCUT2D eigenvalue weighted by atomic mass is 16.5. The first kappa shape index (κ1) is 10.0. The molecule has 1 aromatic rings. The van der Waals surface area contributed by atoms with Gasteiger partial charge in [0.25, 0.3) is 0 Å². The van der Waals surface area contributed by atoms with E-state index in [1.54, 1.807) is 13.3 Å². The van der Waals surface area contributed by atoms with E-state index in [0.29, 0.717) is 5.41 Å². The summed E-state index contributed by atoms with van der Waals surface area (Å²) in [6.45, 7) is 6.62. The standard InChI is InChI=1S/C11H17NO/c1-11(2,3)7-9-5-6-10(13-4)8-12-9/h5-6,8H,7H2,1-4H3. The van der Waals surface area contributed by atoms with Gasteiger partial charge < -0.3 is 4.74 Å². The zero-order chi connectivity index (χ0) is 9.90. The number of methoxy groups -OCH3 is 1. The molecular formula is C11H17NO. The van der Waals surface area contributed by atoms with Crippen LogP contribution in [0.3, 0.4) is 0 Å².